The molecule has 0 aliphatic carbocycles. The Morgan fingerprint density at radius 2 is 1.91 bits per heavy atom. The van der Waals surface area contributed by atoms with Gasteiger partial charge in [-0.2, -0.15) is 5.10 Å². The number of hydrogen-bond donors (Lipinski definition) is 1. The molecule has 7 nitrogen and oxygen atoms in total. The van der Waals surface area contributed by atoms with Crippen LogP contribution in [0.15, 0.2) is 48.5 Å². The molecule has 32 heavy (non-hydrogen) atoms. The molecule has 2 aromatic carbocycles. The van der Waals surface area contributed by atoms with E-state index in [0.29, 0.717) is 31.1 Å². The van der Waals surface area contributed by atoms with Gasteiger partial charge in [0.05, 0.1) is 18.7 Å². The van der Waals surface area contributed by atoms with Gasteiger partial charge in [0.15, 0.2) is 0 Å². The molecule has 3 heterocycles. The number of ether oxygens (including phenoxy) is 1. The first-order valence-corrected chi connectivity index (χ1v) is 11.0. The fourth-order valence-corrected chi connectivity index (χ4v) is 4.60. The van der Waals surface area contributed by atoms with Crippen LogP contribution in [0.25, 0.3) is 11.3 Å². The minimum absolute atomic E-state index is 0.0169. The fraction of sp³-hybridized carbons (Fsp3) is 0.292. The van der Waals surface area contributed by atoms with E-state index in [4.69, 9.17) is 16.3 Å². The van der Waals surface area contributed by atoms with Gasteiger partial charge < -0.3 is 14.5 Å². The quantitative estimate of drug-likeness (QED) is 0.657. The monoisotopic (exact) mass is 450 g/mol. The number of amides is 2. The van der Waals surface area contributed by atoms with Crippen LogP contribution in [0.3, 0.4) is 0 Å². The van der Waals surface area contributed by atoms with E-state index in [2.05, 4.69) is 10.2 Å². The lowest BCUT2D eigenvalue weighted by molar-refractivity contribution is -0.136. The molecule has 2 aliphatic rings. The highest BCUT2D eigenvalue weighted by Gasteiger charge is 2.38. The largest absolute Gasteiger partial charge is 0.497 e. The van der Waals surface area contributed by atoms with Crippen molar-refractivity contribution in [1.29, 1.82) is 0 Å². The zero-order chi connectivity index (χ0) is 22.2. The zero-order valence-corrected chi connectivity index (χ0v) is 18.4. The Morgan fingerprint density at radius 1 is 1.16 bits per heavy atom. The van der Waals surface area contributed by atoms with Crippen LogP contribution in [0.4, 0.5) is 5.69 Å². The van der Waals surface area contributed by atoms with Gasteiger partial charge in [-0.15, -0.1) is 0 Å². The maximum Gasteiger partial charge on any atom is 0.228 e. The van der Waals surface area contributed by atoms with Crippen LogP contribution < -0.4 is 9.64 Å². The van der Waals surface area contributed by atoms with Gasteiger partial charge >= 0.3 is 0 Å². The Bertz CT molecular complexity index is 1160. The fourth-order valence-electron chi connectivity index (χ4n) is 4.47. The normalized spacial score (nSPS) is 18.1. The van der Waals surface area contributed by atoms with Crippen LogP contribution in [0.1, 0.15) is 17.7 Å². The Hall–Kier alpha value is -3.32. The van der Waals surface area contributed by atoms with E-state index in [0.717, 1.165) is 34.0 Å². The van der Waals surface area contributed by atoms with Crippen molar-refractivity contribution in [2.45, 2.75) is 19.4 Å². The van der Waals surface area contributed by atoms with E-state index in [1.807, 2.05) is 53.4 Å². The first-order valence-electron chi connectivity index (χ1n) is 10.6. The summed E-state index contributed by atoms with van der Waals surface area (Å²) >= 11 is 6.02. The van der Waals surface area contributed by atoms with Crippen molar-refractivity contribution in [2.24, 2.45) is 5.92 Å². The van der Waals surface area contributed by atoms with E-state index < -0.39 is 0 Å². The number of anilines is 1. The highest BCUT2D eigenvalue weighted by Crippen LogP contribution is 2.32. The molecule has 0 spiro atoms. The van der Waals surface area contributed by atoms with Gasteiger partial charge in [0.2, 0.25) is 11.8 Å². The van der Waals surface area contributed by atoms with E-state index >= 15 is 0 Å². The Kier molecular flexibility index (Phi) is 5.35. The number of benzene rings is 2. The summed E-state index contributed by atoms with van der Waals surface area (Å²) in [4.78, 5) is 29.5. The van der Waals surface area contributed by atoms with Gasteiger partial charge in [-0.1, -0.05) is 23.7 Å². The highest BCUT2D eigenvalue weighted by molar-refractivity contribution is 6.30. The van der Waals surface area contributed by atoms with Crippen LogP contribution in [0, 0.1) is 5.92 Å². The molecule has 3 aromatic rings. The molecule has 1 fully saturated rings. The van der Waals surface area contributed by atoms with Crippen LogP contribution in [0.5, 0.6) is 5.75 Å². The molecule has 164 valence electrons. The lowest BCUT2D eigenvalue weighted by Crippen LogP contribution is -2.40. The molecule has 5 rings (SSSR count). The molecule has 8 heteroatoms. The number of nitrogens with one attached hydrogen (secondary N) is 1. The van der Waals surface area contributed by atoms with Crippen molar-refractivity contribution in [1.82, 2.24) is 15.1 Å². The van der Waals surface area contributed by atoms with E-state index in [1.54, 1.807) is 12.0 Å². The second kappa shape index (κ2) is 8.31. The first kappa shape index (κ1) is 20.6. The molecule has 1 N–H and O–H groups in total. The first-order chi connectivity index (χ1) is 15.5. The molecule has 1 aromatic heterocycles. The van der Waals surface area contributed by atoms with Crippen molar-refractivity contribution >= 4 is 29.1 Å². The number of nitrogens with zero attached hydrogens (tertiary/aromatic N) is 3. The molecule has 1 atom stereocenters. The molecule has 2 amide bonds. The number of H-pyrrole nitrogens is 1. The van der Waals surface area contributed by atoms with Crippen LogP contribution in [0.2, 0.25) is 5.02 Å². The van der Waals surface area contributed by atoms with Gasteiger partial charge in [-0.05, 0) is 36.4 Å². The molecular formula is C24H23ClN4O3. The van der Waals surface area contributed by atoms with Crippen molar-refractivity contribution < 1.29 is 14.3 Å². The number of methoxy groups -OCH3 is 1. The predicted molar refractivity (Wildman–Crippen MR) is 122 cm³/mol. The smallest absolute Gasteiger partial charge is 0.228 e. The van der Waals surface area contributed by atoms with Crippen molar-refractivity contribution in [2.75, 3.05) is 25.1 Å². The average Bonchev–Trinajstić information content (AvgIpc) is 3.42. The number of carbonyl (C=O) groups excluding carboxylic acids is 2. The summed E-state index contributed by atoms with van der Waals surface area (Å²) in [5, 5.41) is 8.28. The van der Waals surface area contributed by atoms with Gasteiger partial charge in [0.25, 0.3) is 0 Å². The zero-order valence-electron chi connectivity index (χ0n) is 17.7. The van der Waals surface area contributed by atoms with Crippen LogP contribution in [-0.4, -0.2) is 47.1 Å². The number of rotatable bonds is 4. The van der Waals surface area contributed by atoms with Crippen molar-refractivity contribution in [3.05, 3.63) is 64.8 Å². The van der Waals surface area contributed by atoms with Crippen molar-refractivity contribution in [3.8, 4) is 17.0 Å². The number of fused-ring (bicyclic) bond motifs is 1. The third-order valence-corrected chi connectivity index (χ3v) is 6.47. The van der Waals surface area contributed by atoms with E-state index in [1.165, 1.54) is 0 Å². The predicted octanol–water partition coefficient (Wildman–Crippen LogP) is 3.68. The van der Waals surface area contributed by atoms with Gasteiger partial charge in [-0.25, -0.2) is 0 Å². The number of hydrogen-bond acceptors (Lipinski definition) is 4. The number of aromatic nitrogens is 2. The van der Waals surface area contributed by atoms with E-state index in [-0.39, 0.29) is 24.2 Å². The highest BCUT2D eigenvalue weighted by atomic mass is 35.5. The SMILES string of the molecule is COc1ccc(N2CC(C(=O)N3CCc4[nH]nc(-c5ccc(Cl)cc5)c4C3)CC2=O)cc1. The lowest BCUT2D eigenvalue weighted by atomic mass is 9.99. The molecule has 0 bridgehead atoms. The lowest BCUT2D eigenvalue weighted by Gasteiger charge is -2.29. The summed E-state index contributed by atoms with van der Waals surface area (Å²) in [7, 11) is 1.60. The molecule has 0 radical (unpaired) electrons. The summed E-state index contributed by atoms with van der Waals surface area (Å²) < 4.78 is 5.19. The Balaban J connectivity index is 1.31. The Labute approximate surface area is 190 Å². The summed E-state index contributed by atoms with van der Waals surface area (Å²) in [6, 6.07) is 14.9. The molecule has 1 unspecified atom stereocenters. The number of carbonyl (C=O) groups is 2. The Morgan fingerprint density at radius 3 is 2.62 bits per heavy atom. The molecule has 0 saturated carbocycles. The minimum Gasteiger partial charge on any atom is -0.497 e. The second-order valence-corrected chi connectivity index (χ2v) is 8.59. The number of halogens is 1. The van der Waals surface area contributed by atoms with Crippen LogP contribution in [-0.2, 0) is 22.6 Å². The standard InChI is InChI=1S/C24H23ClN4O3/c1-32-19-8-6-18(7-9-19)29-13-16(12-22(29)30)24(31)28-11-10-21-20(14-28)23(27-26-21)15-2-4-17(25)5-3-15/h2-9,16H,10-14H2,1H3,(H,26,27). The van der Waals surface area contributed by atoms with Gasteiger partial charge in [-0.3, -0.25) is 14.7 Å². The minimum atomic E-state index is -0.350. The average molecular weight is 451 g/mol. The third kappa shape index (κ3) is 3.73. The molecular weight excluding hydrogens is 428 g/mol. The maximum absolute atomic E-state index is 13.3. The maximum atomic E-state index is 13.3. The van der Waals surface area contributed by atoms with Crippen molar-refractivity contribution in [3.63, 3.8) is 0 Å². The summed E-state index contributed by atoms with van der Waals surface area (Å²) in [5.74, 6) is 0.366. The van der Waals surface area contributed by atoms with E-state index in [9.17, 15) is 9.59 Å². The summed E-state index contributed by atoms with van der Waals surface area (Å²) in [6.45, 7) is 1.49. The van der Waals surface area contributed by atoms with Gasteiger partial charge in [0.1, 0.15) is 5.75 Å². The van der Waals surface area contributed by atoms with Crippen LogP contribution >= 0.6 is 11.6 Å². The molecule has 2 aliphatic heterocycles. The van der Waals surface area contributed by atoms with Gasteiger partial charge in [0, 0.05) is 60.0 Å². The number of aromatic amines is 1. The second-order valence-electron chi connectivity index (χ2n) is 8.15. The summed E-state index contributed by atoms with van der Waals surface area (Å²) in [5.41, 5.74) is 4.68. The summed E-state index contributed by atoms with van der Waals surface area (Å²) in [6.07, 6.45) is 0.939. The topological polar surface area (TPSA) is 78.5 Å². The molecule has 1 saturated heterocycles. The third-order valence-electron chi connectivity index (χ3n) is 6.22.